The van der Waals surface area contributed by atoms with Crippen molar-refractivity contribution in [1.29, 1.82) is 0 Å². The van der Waals surface area contributed by atoms with Crippen molar-refractivity contribution in [3.63, 3.8) is 0 Å². The lowest BCUT2D eigenvalue weighted by atomic mass is 10.2. The lowest BCUT2D eigenvalue weighted by molar-refractivity contribution is -0.125. The number of halogens is 2. The van der Waals surface area contributed by atoms with E-state index in [1.54, 1.807) is 24.3 Å². The van der Waals surface area contributed by atoms with Gasteiger partial charge in [-0.2, -0.15) is 0 Å². The van der Waals surface area contributed by atoms with Gasteiger partial charge in [0.1, 0.15) is 8.64 Å². The third-order valence-electron chi connectivity index (χ3n) is 4.68. The molecule has 0 atom stereocenters. The van der Waals surface area contributed by atoms with Crippen LogP contribution >= 0.6 is 71.2 Å². The molecule has 2 fully saturated rings. The molecule has 162 valence electrons. The van der Waals surface area contributed by atoms with Crippen LogP contribution < -0.4 is 0 Å². The summed E-state index contributed by atoms with van der Waals surface area (Å²) in [6.45, 7) is 0.493. The zero-order chi connectivity index (χ0) is 22.8. The number of benzene rings is 2. The summed E-state index contributed by atoms with van der Waals surface area (Å²) in [5, 5.41) is 1.11. The predicted octanol–water partition coefficient (Wildman–Crippen LogP) is 6.10. The summed E-state index contributed by atoms with van der Waals surface area (Å²) < 4.78 is 0.871. The molecule has 2 heterocycles. The quantitative estimate of drug-likeness (QED) is 0.339. The Kier molecular flexibility index (Phi) is 7.39. The number of thioether (sulfide) groups is 2. The Balaban J connectivity index is 1.45. The van der Waals surface area contributed by atoms with Crippen molar-refractivity contribution in [2.75, 3.05) is 13.1 Å². The molecule has 0 saturated carbocycles. The van der Waals surface area contributed by atoms with Gasteiger partial charge in [0.25, 0.3) is 11.8 Å². The van der Waals surface area contributed by atoms with E-state index in [-0.39, 0.29) is 24.9 Å². The molecule has 2 amide bonds. The second kappa shape index (κ2) is 10.1. The molecule has 0 aromatic heterocycles. The zero-order valence-corrected chi connectivity index (χ0v) is 21.1. The highest BCUT2D eigenvalue weighted by molar-refractivity contribution is 8.27. The highest BCUT2D eigenvalue weighted by atomic mass is 35.5. The molecule has 4 nitrogen and oxygen atoms in total. The van der Waals surface area contributed by atoms with Crippen molar-refractivity contribution >= 4 is 104 Å². The van der Waals surface area contributed by atoms with Gasteiger partial charge in [0.05, 0.1) is 9.81 Å². The Morgan fingerprint density at radius 3 is 1.47 bits per heavy atom. The Morgan fingerprint density at radius 1 is 0.719 bits per heavy atom. The average molecular weight is 538 g/mol. The number of amides is 2. The standard InChI is InChI=1S/C22H14Cl2N2O2S4/c23-15-7-3-1-5-13(15)11-17-19(27)25(21(29)31-17)9-10-26-20(28)18(32-22(26)30)12-14-6-2-4-8-16(14)24/h1-8,11-12H,9-10H2. The highest BCUT2D eigenvalue weighted by Gasteiger charge is 2.36. The summed E-state index contributed by atoms with van der Waals surface area (Å²) >= 11 is 25.6. The summed E-state index contributed by atoms with van der Waals surface area (Å²) in [5.74, 6) is -0.422. The smallest absolute Gasteiger partial charge is 0.266 e. The van der Waals surface area contributed by atoms with E-state index in [0.29, 0.717) is 28.5 Å². The first kappa shape index (κ1) is 23.5. The summed E-state index contributed by atoms with van der Waals surface area (Å²) in [6.07, 6.45) is 3.46. The molecule has 4 rings (SSSR count). The van der Waals surface area contributed by atoms with Crippen LogP contribution in [0.1, 0.15) is 11.1 Å². The largest absolute Gasteiger partial charge is 0.291 e. The number of hydrogen-bond donors (Lipinski definition) is 0. The van der Waals surface area contributed by atoms with E-state index in [0.717, 1.165) is 11.1 Å². The Bertz CT molecular complexity index is 1120. The van der Waals surface area contributed by atoms with Crippen LogP contribution in [0.2, 0.25) is 10.0 Å². The van der Waals surface area contributed by atoms with Gasteiger partial charge in [-0.25, -0.2) is 0 Å². The van der Waals surface area contributed by atoms with E-state index in [1.165, 1.54) is 33.3 Å². The van der Waals surface area contributed by atoms with E-state index in [4.69, 9.17) is 47.6 Å². The van der Waals surface area contributed by atoms with Gasteiger partial charge in [-0.15, -0.1) is 0 Å². The number of carbonyl (C=O) groups is 2. The molecule has 0 aliphatic carbocycles. The van der Waals surface area contributed by atoms with Crippen LogP contribution in [0.3, 0.4) is 0 Å². The van der Waals surface area contributed by atoms with Crippen LogP contribution in [-0.2, 0) is 9.59 Å². The molecule has 0 spiro atoms. The first-order chi connectivity index (χ1) is 15.3. The maximum atomic E-state index is 12.9. The molecular weight excluding hydrogens is 523 g/mol. The predicted molar refractivity (Wildman–Crippen MR) is 143 cm³/mol. The number of carbonyl (C=O) groups excluding carboxylic acids is 2. The van der Waals surface area contributed by atoms with Crippen molar-refractivity contribution in [3.8, 4) is 0 Å². The van der Waals surface area contributed by atoms with E-state index >= 15 is 0 Å². The maximum Gasteiger partial charge on any atom is 0.266 e. The highest BCUT2D eigenvalue weighted by Crippen LogP contribution is 2.36. The van der Waals surface area contributed by atoms with Gasteiger partial charge < -0.3 is 0 Å². The van der Waals surface area contributed by atoms with Crippen molar-refractivity contribution < 1.29 is 9.59 Å². The third kappa shape index (κ3) is 4.95. The van der Waals surface area contributed by atoms with Crippen LogP contribution in [-0.4, -0.2) is 43.3 Å². The fraction of sp³-hybridized carbons (Fsp3) is 0.0909. The molecule has 0 radical (unpaired) electrons. The van der Waals surface area contributed by atoms with Crippen LogP contribution in [0.25, 0.3) is 12.2 Å². The lowest BCUT2D eigenvalue weighted by Gasteiger charge is -2.19. The molecule has 10 heteroatoms. The van der Waals surface area contributed by atoms with Crippen molar-refractivity contribution in [2.45, 2.75) is 0 Å². The fourth-order valence-electron chi connectivity index (χ4n) is 3.05. The first-order valence-corrected chi connectivity index (χ1v) is 12.6. The molecule has 2 aliphatic rings. The van der Waals surface area contributed by atoms with Crippen LogP contribution in [0.4, 0.5) is 0 Å². The number of thiocarbonyl (C=S) groups is 2. The molecular formula is C22H14Cl2N2O2S4. The number of nitrogens with zero attached hydrogens (tertiary/aromatic N) is 2. The minimum absolute atomic E-state index is 0.211. The lowest BCUT2D eigenvalue weighted by Crippen LogP contribution is -2.39. The normalized spacial score (nSPS) is 19.2. The molecule has 0 N–H and O–H groups in total. The zero-order valence-electron chi connectivity index (χ0n) is 16.3. The molecule has 2 saturated heterocycles. The Morgan fingerprint density at radius 2 is 1.09 bits per heavy atom. The van der Waals surface area contributed by atoms with E-state index in [1.807, 2.05) is 36.4 Å². The SMILES string of the molecule is O=C1C(=Cc2ccccc2Cl)SC(=S)N1CCN1C(=O)C(=Cc2ccccc2Cl)SC1=S. The van der Waals surface area contributed by atoms with Gasteiger partial charge in [-0.05, 0) is 35.4 Å². The van der Waals surface area contributed by atoms with Crippen molar-refractivity contribution in [1.82, 2.24) is 9.80 Å². The van der Waals surface area contributed by atoms with Gasteiger partial charge >= 0.3 is 0 Å². The number of rotatable bonds is 5. The summed E-state index contributed by atoms with van der Waals surface area (Å²) in [7, 11) is 0. The molecule has 2 aliphatic heterocycles. The first-order valence-electron chi connectivity index (χ1n) is 9.35. The van der Waals surface area contributed by atoms with Gasteiger partial charge in [0.2, 0.25) is 0 Å². The summed E-state index contributed by atoms with van der Waals surface area (Å²) in [6, 6.07) is 14.5. The van der Waals surface area contributed by atoms with Crippen LogP contribution in [0.15, 0.2) is 58.3 Å². The monoisotopic (exact) mass is 536 g/mol. The van der Waals surface area contributed by atoms with E-state index in [9.17, 15) is 9.59 Å². The van der Waals surface area contributed by atoms with Gasteiger partial charge in [0, 0.05) is 23.1 Å². The molecule has 0 bridgehead atoms. The molecule has 2 aromatic rings. The second-order valence-electron chi connectivity index (χ2n) is 6.71. The van der Waals surface area contributed by atoms with Crippen LogP contribution in [0, 0.1) is 0 Å². The topological polar surface area (TPSA) is 40.6 Å². The minimum atomic E-state index is -0.211. The van der Waals surface area contributed by atoms with Crippen molar-refractivity contribution in [3.05, 3.63) is 79.5 Å². The molecule has 0 unspecified atom stereocenters. The van der Waals surface area contributed by atoms with E-state index in [2.05, 4.69) is 0 Å². The Hall–Kier alpha value is -1.68. The van der Waals surface area contributed by atoms with Gasteiger partial charge in [-0.1, -0.05) is 108 Å². The van der Waals surface area contributed by atoms with Gasteiger partial charge in [0.15, 0.2) is 0 Å². The minimum Gasteiger partial charge on any atom is -0.291 e. The average Bonchev–Trinajstić information content (AvgIpc) is 3.18. The number of hydrogen-bond acceptors (Lipinski definition) is 6. The summed E-state index contributed by atoms with van der Waals surface area (Å²) in [4.78, 5) is 29.7. The summed E-state index contributed by atoms with van der Waals surface area (Å²) in [5.41, 5.74) is 1.49. The third-order valence-corrected chi connectivity index (χ3v) is 8.12. The fourth-order valence-corrected chi connectivity index (χ4v) is 6.03. The molecule has 2 aromatic carbocycles. The maximum absolute atomic E-state index is 12.9. The van der Waals surface area contributed by atoms with Gasteiger partial charge in [-0.3, -0.25) is 19.4 Å². The van der Waals surface area contributed by atoms with E-state index < -0.39 is 0 Å². The Labute approximate surface area is 214 Å². The van der Waals surface area contributed by atoms with Crippen molar-refractivity contribution in [2.24, 2.45) is 0 Å². The molecule has 32 heavy (non-hydrogen) atoms. The van der Waals surface area contributed by atoms with Crippen LogP contribution in [0.5, 0.6) is 0 Å². The second-order valence-corrected chi connectivity index (χ2v) is 10.9.